The third kappa shape index (κ3) is 3.04. The molecule has 1 heterocycles. The molecular weight excluding hydrogens is 346 g/mol. The molecule has 2 aromatic rings. The van der Waals surface area contributed by atoms with Crippen LogP contribution in [0.15, 0.2) is 42.5 Å². The molecule has 1 fully saturated rings. The molecule has 4 heteroatoms. The van der Waals surface area contributed by atoms with Gasteiger partial charge in [-0.1, -0.05) is 50.2 Å². The monoisotopic (exact) mass is 379 g/mol. The molecule has 0 saturated carbocycles. The number of fused-ring (bicyclic) bond motifs is 4. The summed E-state index contributed by atoms with van der Waals surface area (Å²) in [5.41, 5.74) is 18.9. The van der Waals surface area contributed by atoms with E-state index in [0.29, 0.717) is 12.6 Å². The number of nitrogens with two attached hydrogens (primary N) is 2. The van der Waals surface area contributed by atoms with Crippen LogP contribution in [0.25, 0.3) is 0 Å². The summed E-state index contributed by atoms with van der Waals surface area (Å²) in [6.07, 6.45) is 1.10. The van der Waals surface area contributed by atoms with E-state index in [4.69, 9.17) is 16.2 Å². The third-order valence-corrected chi connectivity index (χ3v) is 7.05. The normalized spacial score (nSPS) is 26.8. The van der Waals surface area contributed by atoms with E-state index in [2.05, 4.69) is 69.0 Å². The molecule has 1 aliphatic carbocycles. The van der Waals surface area contributed by atoms with E-state index in [0.717, 1.165) is 25.2 Å². The van der Waals surface area contributed by atoms with Gasteiger partial charge >= 0.3 is 0 Å². The molecule has 0 aromatic heterocycles. The van der Waals surface area contributed by atoms with Crippen molar-refractivity contribution in [3.05, 3.63) is 64.7 Å². The molecular formula is C24H33N3O. The fourth-order valence-corrected chi connectivity index (χ4v) is 5.26. The van der Waals surface area contributed by atoms with Crippen molar-refractivity contribution in [3.8, 4) is 0 Å². The number of anilines is 1. The molecule has 0 radical (unpaired) electrons. The Balaban J connectivity index is 1.53. The highest BCUT2D eigenvalue weighted by molar-refractivity contribution is 5.59. The van der Waals surface area contributed by atoms with Crippen LogP contribution < -0.4 is 11.5 Å². The summed E-state index contributed by atoms with van der Waals surface area (Å²) < 4.78 is 6.15. The van der Waals surface area contributed by atoms with E-state index < -0.39 is 0 Å². The van der Waals surface area contributed by atoms with E-state index in [1.54, 1.807) is 0 Å². The van der Waals surface area contributed by atoms with Crippen molar-refractivity contribution in [1.29, 1.82) is 0 Å². The summed E-state index contributed by atoms with van der Waals surface area (Å²) in [5.74, 6) is 0. The lowest BCUT2D eigenvalue weighted by atomic mass is 9.61. The van der Waals surface area contributed by atoms with E-state index in [9.17, 15) is 0 Å². The number of rotatable bonds is 5. The number of hydrogen-bond donors (Lipinski definition) is 2. The largest absolute Gasteiger partial charge is 0.398 e. The Kier molecular flexibility index (Phi) is 4.77. The Morgan fingerprint density at radius 3 is 2.64 bits per heavy atom. The molecule has 28 heavy (non-hydrogen) atoms. The number of aryl methyl sites for hydroxylation is 1. The number of benzene rings is 2. The van der Waals surface area contributed by atoms with E-state index in [-0.39, 0.29) is 17.1 Å². The average Bonchev–Trinajstić information content (AvgIpc) is 2.75. The van der Waals surface area contributed by atoms with Gasteiger partial charge in [0.15, 0.2) is 0 Å². The second kappa shape index (κ2) is 6.87. The third-order valence-electron chi connectivity index (χ3n) is 7.05. The van der Waals surface area contributed by atoms with E-state index in [1.807, 2.05) is 6.07 Å². The highest BCUT2D eigenvalue weighted by Gasteiger charge is 2.60. The lowest BCUT2D eigenvalue weighted by molar-refractivity contribution is 0.0184. The van der Waals surface area contributed by atoms with Gasteiger partial charge < -0.3 is 16.2 Å². The van der Waals surface area contributed by atoms with E-state index >= 15 is 0 Å². The summed E-state index contributed by atoms with van der Waals surface area (Å²) in [4.78, 5) is 2.53. The predicted molar refractivity (Wildman–Crippen MR) is 115 cm³/mol. The first-order valence-electron chi connectivity index (χ1n) is 10.3. The van der Waals surface area contributed by atoms with Crippen LogP contribution in [0, 0.1) is 12.3 Å². The molecule has 150 valence electrons. The first-order chi connectivity index (χ1) is 13.2. The molecule has 2 bridgehead atoms. The number of ether oxygens (including phenoxy) is 1. The van der Waals surface area contributed by atoms with Crippen molar-refractivity contribution in [1.82, 2.24) is 4.90 Å². The summed E-state index contributed by atoms with van der Waals surface area (Å²) >= 11 is 0. The van der Waals surface area contributed by atoms with Gasteiger partial charge in [-0.05, 0) is 48.6 Å². The van der Waals surface area contributed by atoms with Crippen LogP contribution in [0.5, 0.6) is 0 Å². The van der Waals surface area contributed by atoms with E-state index in [1.165, 1.54) is 22.3 Å². The van der Waals surface area contributed by atoms with Gasteiger partial charge in [0.2, 0.25) is 0 Å². The highest BCUT2D eigenvalue weighted by Crippen LogP contribution is 2.55. The topological polar surface area (TPSA) is 64.5 Å². The van der Waals surface area contributed by atoms with Crippen LogP contribution in [0.4, 0.5) is 5.69 Å². The van der Waals surface area contributed by atoms with Gasteiger partial charge in [0.1, 0.15) is 0 Å². The Bertz CT molecular complexity index is 864. The zero-order chi connectivity index (χ0) is 20.1. The van der Waals surface area contributed by atoms with Gasteiger partial charge in [0, 0.05) is 30.2 Å². The SMILES string of the molecule is Cc1cc(N)c2c(c1)[C@@]1(N)CN(C[C@H](C)OCc3ccccc3)[C@H](C2)C1(C)C. The zero-order valence-electron chi connectivity index (χ0n) is 17.5. The van der Waals surface area contributed by atoms with Crippen LogP contribution in [0.1, 0.15) is 43.0 Å². The molecule has 4 rings (SSSR count). The van der Waals surface area contributed by atoms with Gasteiger partial charge in [0.25, 0.3) is 0 Å². The second-order valence-electron chi connectivity index (χ2n) is 9.33. The quantitative estimate of drug-likeness (QED) is 0.779. The molecule has 0 spiro atoms. The fraction of sp³-hybridized carbons (Fsp3) is 0.500. The fourth-order valence-electron chi connectivity index (χ4n) is 5.26. The summed E-state index contributed by atoms with van der Waals surface area (Å²) in [6.45, 7) is 11.3. The van der Waals surface area contributed by atoms with Crippen LogP contribution in [0.2, 0.25) is 0 Å². The average molecular weight is 380 g/mol. The number of nitrogens with zero attached hydrogens (tertiary/aromatic N) is 1. The molecule has 4 nitrogen and oxygen atoms in total. The first kappa shape index (κ1) is 19.4. The Labute approximate surface area is 168 Å². The second-order valence-corrected chi connectivity index (χ2v) is 9.33. The maximum Gasteiger partial charge on any atom is 0.0721 e. The van der Waals surface area contributed by atoms with Gasteiger partial charge in [-0.3, -0.25) is 4.90 Å². The van der Waals surface area contributed by atoms with Gasteiger partial charge in [-0.15, -0.1) is 0 Å². The van der Waals surface area contributed by atoms with Gasteiger partial charge in [-0.2, -0.15) is 0 Å². The maximum absolute atomic E-state index is 7.12. The molecule has 0 unspecified atom stereocenters. The van der Waals surface area contributed by atoms with Crippen molar-refractivity contribution in [2.24, 2.45) is 11.1 Å². The van der Waals surface area contributed by atoms with Crippen molar-refractivity contribution < 1.29 is 4.74 Å². The summed E-state index contributed by atoms with van der Waals surface area (Å²) in [7, 11) is 0. The predicted octanol–water partition coefficient (Wildman–Crippen LogP) is 3.60. The number of likely N-dealkylation sites (tertiary alicyclic amines) is 1. The molecule has 2 aliphatic rings. The minimum Gasteiger partial charge on any atom is -0.398 e. The summed E-state index contributed by atoms with van der Waals surface area (Å²) in [6, 6.07) is 15.1. The molecule has 3 atom stereocenters. The van der Waals surface area contributed by atoms with Crippen LogP contribution in [-0.2, 0) is 23.3 Å². The lowest BCUT2D eigenvalue weighted by Gasteiger charge is -2.46. The standard InChI is InChI=1S/C24H33N3O/c1-16-10-20-19(21(25)11-16)12-22-23(3,4)24(20,26)15-27(22)13-17(2)28-14-18-8-6-5-7-9-18/h5-11,17,22H,12-15,25-26H2,1-4H3/t17-,22+,24-/m0/s1. The summed E-state index contributed by atoms with van der Waals surface area (Å²) in [5, 5.41) is 0. The molecule has 0 amide bonds. The first-order valence-corrected chi connectivity index (χ1v) is 10.3. The minimum atomic E-state index is -0.384. The van der Waals surface area contributed by atoms with Gasteiger partial charge in [-0.25, -0.2) is 0 Å². The molecule has 1 saturated heterocycles. The van der Waals surface area contributed by atoms with Gasteiger partial charge in [0.05, 0.1) is 18.2 Å². The van der Waals surface area contributed by atoms with Crippen molar-refractivity contribution in [3.63, 3.8) is 0 Å². The molecule has 2 aromatic carbocycles. The Morgan fingerprint density at radius 1 is 1.21 bits per heavy atom. The minimum absolute atomic E-state index is 0.0145. The zero-order valence-corrected chi connectivity index (χ0v) is 17.5. The Hall–Kier alpha value is -1.88. The van der Waals surface area contributed by atoms with Crippen molar-refractivity contribution in [2.45, 2.75) is 58.4 Å². The number of nitrogen functional groups attached to an aromatic ring is 1. The Morgan fingerprint density at radius 2 is 1.93 bits per heavy atom. The lowest BCUT2D eigenvalue weighted by Crippen LogP contribution is -2.54. The smallest absolute Gasteiger partial charge is 0.0721 e. The van der Waals surface area contributed by atoms with Crippen LogP contribution in [0.3, 0.4) is 0 Å². The van der Waals surface area contributed by atoms with Crippen molar-refractivity contribution >= 4 is 5.69 Å². The highest BCUT2D eigenvalue weighted by atomic mass is 16.5. The van der Waals surface area contributed by atoms with Crippen LogP contribution in [-0.4, -0.2) is 30.1 Å². The maximum atomic E-state index is 7.12. The molecule has 4 N–H and O–H groups in total. The number of hydrogen-bond acceptors (Lipinski definition) is 4. The van der Waals surface area contributed by atoms with Crippen molar-refractivity contribution in [2.75, 3.05) is 18.8 Å². The van der Waals surface area contributed by atoms with Crippen LogP contribution >= 0.6 is 0 Å². The molecule has 1 aliphatic heterocycles.